The Morgan fingerprint density at radius 2 is 2.05 bits per heavy atom. The Balaban J connectivity index is 2.48. The summed E-state index contributed by atoms with van der Waals surface area (Å²) >= 11 is 0. The summed E-state index contributed by atoms with van der Waals surface area (Å²) in [4.78, 5) is 14.7. The Bertz CT molecular complexity index is 634. The van der Waals surface area contributed by atoms with Crippen molar-refractivity contribution in [3.05, 3.63) is 35.8 Å². The summed E-state index contributed by atoms with van der Waals surface area (Å²) in [6.07, 6.45) is -2.34. The van der Waals surface area contributed by atoms with Crippen molar-refractivity contribution in [3.8, 4) is 5.82 Å². The van der Waals surface area contributed by atoms with Gasteiger partial charge in [-0.3, -0.25) is 4.79 Å². The lowest BCUT2D eigenvalue weighted by Crippen LogP contribution is -2.14. The van der Waals surface area contributed by atoms with E-state index in [1.54, 1.807) is 0 Å². The van der Waals surface area contributed by atoms with E-state index >= 15 is 0 Å². The number of carbonyl (C=O) groups is 1. The lowest BCUT2D eigenvalue weighted by molar-refractivity contribution is -0.137. The number of anilines is 1. The van der Waals surface area contributed by atoms with E-state index in [1.165, 1.54) is 6.20 Å². The summed E-state index contributed by atoms with van der Waals surface area (Å²) in [7, 11) is 0. The third kappa shape index (κ3) is 2.49. The second-order valence-electron chi connectivity index (χ2n) is 3.64. The molecule has 0 saturated heterocycles. The molecule has 0 aliphatic carbocycles. The Morgan fingerprint density at radius 1 is 1.37 bits per heavy atom. The SMILES string of the molecule is NC(=O)c1nn(-c2cc(C(F)(F)F)ccn2)cc1N. The number of nitrogen functional groups attached to an aromatic ring is 1. The van der Waals surface area contributed by atoms with Crippen LogP contribution in [0, 0.1) is 0 Å². The molecule has 0 radical (unpaired) electrons. The van der Waals surface area contributed by atoms with Crippen LogP contribution in [-0.2, 0) is 6.18 Å². The van der Waals surface area contributed by atoms with Crippen LogP contribution in [-0.4, -0.2) is 20.7 Å². The average molecular weight is 271 g/mol. The number of pyridine rings is 1. The zero-order valence-corrected chi connectivity index (χ0v) is 9.35. The zero-order valence-electron chi connectivity index (χ0n) is 9.35. The van der Waals surface area contributed by atoms with E-state index in [2.05, 4.69) is 10.1 Å². The number of hydrogen-bond donors (Lipinski definition) is 2. The molecule has 0 aliphatic rings. The molecule has 0 spiro atoms. The number of carbonyl (C=O) groups excluding carboxylic acids is 1. The summed E-state index contributed by atoms with van der Waals surface area (Å²) in [5.41, 5.74) is 9.34. The molecule has 2 rings (SSSR count). The minimum Gasteiger partial charge on any atom is -0.396 e. The van der Waals surface area contributed by atoms with Crippen LogP contribution in [0.3, 0.4) is 0 Å². The molecule has 9 heteroatoms. The molecule has 0 bridgehead atoms. The molecule has 1 amide bonds. The van der Waals surface area contributed by atoms with Crippen molar-refractivity contribution in [2.45, 2.75) is 6.18 Å². The van der Waals surface area contributed by atoms with Crippen LogP contribution >= 0.6 is 0 Å². The van der Waals surface area contributed by atoms with Gasteiger partial charge in [0.2, 0.25) is 0 Å². The van der Waals surface area contributed by atoms with Gasteiger partial charge in [0.05, 0.1) is 17.4 Å². The standard InChI is InChI=1S/C10H8F3N5O/c11-10(12,13)5-1-2-16-7(3-5)18-4-6(14)8(17-18)9(15)19/h1-4H,14H2,(H2,15,19). The molecule has 2 aromatic rings. The number of rotatable bonds is 2. The van der Waals surface area contributed by atoms with E-state index in [4.69, 9.17) is 11.5 Å². The van der Waals surface area contributed by atoms with Crippen LogP contribution in [0.2, 0.25) is 0 Å². The largest absolute Gasteiger partial charge is 0.416 e. The highest BCUT2D eigenvalue weighted by Crippen LogP contribution is 2.29. The molecular formula is C10H8F3N5O. The maximum Gasteiger partial charge on any atom is 0.416 e. The van der Waals surface area contributed by atoms with Crippen molar-refractivity contribution >= 4 is 11.6 Å². The van der Waals surface area contributed by atoms with Gasteiger partial charge in [-0.25, -0.2) is 9.67 Å². The van der Waals surface area contributed by atoms with Gasteiger partial charge in [0.1, 0.15) is 0 Å². The van der Waals surface area contributed by atoms with Gasteiger partial charge in [0, 0.05) is 6.20 Å². The maximum atomic E-state index is 12.5. The lowest BCUT2D eigenvalue weighted by atomic mass is 10.2. The first-order valence-electron chi connectivity index (χ1n) is 4.97. The molecule has 0 unspecified atom stereocenters. The summed E-state index contributed by atoms with van der Waals surface area (Å²) in [6, 6.07) is 1.61. The van der Waals surface area contributed by atoms with E-state index in [0.717, 1.165) is 23.0 Å². The molecule has 2 heterocycles. The molecule has 0 aliphatic heterocycles. The van der Waals surface area contributed by atoms with Crippen molar-refractivity contribution < 1.29 is 18.0 Å². The number of aromatic nitrogens is 3. The second-order valence-corrected chi connectivity index (χ2v) is 3.64. The highest BCUT2D eigenvalue weighted by atomic mass is 19.4. The van der Waals surface area contributed by atoms with E-state index in [0.29, 0.717) is 0 Å². The number of alkyl halides is 3. The number of nitrogens with two attached hydrogens (primary N) is 2. The quantitative estimate of drug-likeness (QED) is 0.849. The van der Waals surface area contributed by atoms with Crippen LogP contribution in [0.15, 0.2) is 24.5 Å². The Kier molecular flexibility index (Phi) is 2.89. The fraction of sp³-hybridized carbons (Fsp3) is 0.100. The fourth-order valence-electron chi connectivity index (χ4n) is 1.42. The molecule has 0 saturated carbocycles. The number of primary amides is 1. The first-order chi connectivity index (χ1) is 8.79. The topological polar surface area (TPSA) is 99.8 Å². The normalized spacial score (nSPS) is 11.5. The summed E-state index contributed by atoms with van der Waals surface area (Å²) in [5.74, 6) is -0.989. The average Bonchev–Trinajstić information content (AvgIpc) is 2.70. The molecule has 100 valence electrons. The number of nitrogens with zero attached hydrogens (tertiary/aromatic N) is 3. The minimum atomic E-state index is -4.50. The highest BCUT2D eigenvalue weighted by molar-refractivity contribution is 5.95. The molecule has 6 nitrogen and oxygen atoms in total. The van der Waals surface area contributed by atoms with Gasteiger partial charge in [-0.1, -0.05) is 0 Å². The lowest BCUT2D eigenvalue weighted by Gasteiger charge is -2.07. The van der Waals surface area contributed by atoms with Crippen LogP contribution < -0.4 is 11.5 Å². The van der Waals surface area contributed by atoms with Crippen molar-refractivity contribution in [1.29, 1.82) is 0 Å². The van der Waals surface area contributed by atoms with Gasteiger partial charge in [-0.15, -0.1) is 0 Å². The molecule has 0 atom stereocenters. The van der Waals surface area contributed by atoms with Crippen LogP contribution in [0.4, 0.5) is 18.9 Å². The number of amides is 1. The molecule has 0 fully saturated rings. The molecular weight excluding hydrogens is 263 g/mol. The number of hydrogen-bond acceptors (Lipinski definition) is 4. The molecule has 4 N–H and O–H groups in total. The smallest absolute Gasteiger partial charge is 0.396 e. The van der Waals surface area contributed by atoms with Crippen LogP contribution in [0.25, 0.3) is 5.82 Å². The molecule has 0 aromatic carbocycles. The van der Waals surface area contributed by atoms with E-state index in [-0.39, 0.29) is 17.2 Å². The maximum absolute atomic E-state index is 12.5. The predicted molar refractivity (Wildman–Crippen MR) is 59.3 cm³/mol. The Labute approximate surface area is 104 Å². The van der Waals surface area contributed by atoms with E-state index < -0.39 is 17.6 Å². The van der Waals surface area contributed by atoms with Gasteiger partial charge in [0.25, 0.3) is 5.91 Å². The van der Waals surface area contributed by atoms with Gasteiger partial charge < -0.3 is 11.5 Å². The molecule has 2 aromatic heterocycles. The predicted octanol–water partition coefficient (Wildman–Crippen LogP) is 0.967. The Morgan fingerprint density at radius 3 is 2.58 bits per heavy atom. The second kappa shape index (κ2) is 4.26. The molecule has 19 heavy (non-hydrogen) atoms. The summed E-state index contributed by atoms with van der Waals surface area (Å²) < 4.78 is 38.6. The number of halogens is 3. The first kappa shape index (κ1) is 12.9. The van der Waals surface area contributed by atoms with Gasteiger partial charge in [-0.05, 0) is 12.1 Å². The van der Waals surface area contributed by atoms with Crippen molar-refractivity contribution in [2.75, 3.05) is 5.73 Å². The van der Waals surface area contributed by atoms with Crippen molar-refractivity contribution in [1.82, 2.24) is 14.8 Å². The van der Waals surface area contributed by atoms with Gasteiger partial charge >= 0.3 is 6.18 Å². The van der Waals surface area contributed by atoms with E-state index in [1.807, 2.05) is 0 Å². The minimum absolute atomic E-state index is 0.0355. The summed E-state index contributed by atoms with van der Waals surface area (Å²) in [6.45, 7) is 0. The van der Waals surface area contributed by atoms with Crippen LogP contribution in [0.1, 0.15) is 16.1 Å². The fourth-order valence-corrected chi connectivity index (χ4v) is 1.42. The monoisotopic (exact) mass is 271 g/mol. The third-order valence-electron chi connectivity index (χ3n) is 2.28. The zero-order chi connectivity index (χ0) is 14.2. The van der Waals surface area contributed by atoms with Crippen molar-refractivity contribution in [3.63, 3.8) is 0 Å². The highest BCUT2D eigenvalue weighted by Gasteiger charge is 2.31. The van der Waals surface area contributed by atoms with Crippen LogP contribution in [0.5, 0.6) is 0 Å². The first-order valence-corrected chi connectivity index (χ1v) is 4.97. The summed E-state index contributed by atoms with van der Waals surface area (Å²) in [5, 5.41) is 3.69. The van der Waals surface area contributed by atoms with E-state index in [9.17, 15) is 18.0 Å². The Hall–Kier alpha value is -2.58. The van der Waals surface area contributed by atoms with Gasteiger partial charge in [0.15, 0.2) is 11.5 Å². The van der Waals surface area contributed by atoms with Crippen molar-refractivity contribution in [2.24, 2.45) is 5.73 Å². The van der Waals surface area contributed by atoms with Gasteiger partial charge in [-0.2, -0.15) is 18.3 Å². The third-order valence-corrected chi connectivity index (χ3v) is 2.28.